The highest BCUT2D eigenvalue weighted by Gasteiger charge is 2.29. The van der Waals surface area contributed by atoms with Crippen LogP contribution < -0.4 is 15.4 Å². The van der Waals surface area contributed by atoms with E-state index in [0.717, 1.165) is 17.8 Å². The molecule has 1 aromatic heterocycles. The standard InChI is InChI=1S/C27H25ClN4O2/c1-18-14-25(20-7-3-2-4-8-20)31-26-24(17-30-32(18)26)27(33)29-16-19-6-5-9-23(15-19)34-22-12-10-21(28)11-13-22/h2-13,15,17-18,25,31H,14,16H2,1H3,(H,29,33). The monoisotopic (exact) mass is 472 g/mol. The van der Waals surface area contributed by atoms with E-state index in [0.29, 0.717) is 28.6 Å². The number of ether oxygens (including phenoxy) is 1. The second-order valence-corrected chi connectivity index (χ2v) is 8.87. The molecule has 2 atom stereocenters. The van der Waals surface area contributed by atoms with Gasteiger partial charge in [0.25, 0.3) is 5.91 Å². The number of benzene rings is 3. The summed E-state index contributed by atoms with van der Waals surface area (Å²) in [5.74, 6) is 1.98. The zero-order valence-corrected chi connectivity index (χ0v) is 19.5. The van der Waals surface area contributed by atoms with Crippen LogP contribution in [0.3, 0.4) is 0 Å². The van der Waals surface area contributed by atoms with Crippen LogP contribution in [0.15, 0.2) is 85.1 Å². The molecule has 0 fully saturated rings. The molecule has 2 N–H and O–H groups in total. The quantitative estimate of drug-likeness (QED) is 0.342. The fraction of sp³-hybridized carbons (Fsp3) is 0.185. The average molecular weight is 473 g/mol. The summed E-state index contributed by atoms with van der Waals surface area (Å²) in [6.45, 7) is 2.50. The Kier molecular flexibility index (Phi) is 6.23. The van der Waals surface area contributed by atoms with Crippen LogP contribution in [0.1, 0.15) is 46.9 Å². The van der Waals surface area contributed by atoms with Crippen LogP contribution in [-0.4, -0.2) is 15.7 Å². The molecule has 172 valence electrons. The minimum atomic E-state index is -0.168. The second kappa shape index (κ2) is 9.61. The lowest BCUT2D eigenvalue weighted by Gasteiger charge is -2.31. The third-order valence-corrected chi connectivity index (χ3v) is 6.20. The summed E-state index contributed by atoms with van der Waals surface area (Å²) < 4.78 is 7.80. The average Bonchev–Trinajstić information content (AvgIpc) is 3.30. The van der Waals surface area contributed by atoms with Gasteiger partial charge in [0, 0.05) is 11.6 Å². The number of nitrogens with one attached hydrogen (secondary N) is 2. The summed E-state index contributed by atoms with van der Waals surface area (Å²) in [5, 5.41) is 11.7. The number of carbonyl (C=O) groups excluding carboxylic acids is 1. The van der Waals surface area contributed by atoms with E-state index in [1.54, 1.807) is 18.3 Å². The minimum Gasteiger partial charge on any atom is -0.457 e. The lowest BCUT2D eigenvalue weighted by Crippen LogP contribution is -2.28. The van der Waals surface area contributed by atoms with E-state index in [2.05, 4.69) is 34.8 Å². The molecule has 4 aromatic rings. The molecule has 0 saturated carbocycles. The van der Waals surface area contributed by atoms with Gasteiger partial charge in [-0.2, -0.15) is 5.10 Å². The second-order valence-electron chi connectivity index (χ2n) is 8.43. The Balaban J connectivity index is 1.27. The van der Waals surface area contributed by atoms with Crippen molar-refractivity contribution < 1.29 is 9.53 Å². The van der Waals surface area contributed by atoms with Crippen molar-refractivity contribution in [3.05, 3.63) is 107 Å². The van der Waals surface area contributed by atoms with Crippen LogP contribution in [0, 0.1) is 0 Å². The normalized spacial score (nSPS) is 16.9. The largest absolute Gasteiger partial charge is 0.457 e. The number of hydrogen-bond acceptors (Lipinski definition) is 4. The molecule has 0 radical (unpaired) electrons. The Hall–Kier alpha value is -3.77. The van der Waals surface area contributed by atoms with E-state index in [4.69, 9.17) is 16.3 Å². The molecule has 0 aliphatic carbocycles. The molecule has 2 heterocycles. The molecule has 2 unspecified atom stereocenters. The number of hydrogen-bond donors (Lipinski definition) is 2. The molecule has 1 aliphatic heterocycles. The number of carbonyl (C=O) groups is 1. The molecule has 5 rings (SSSR count). The molecule has 6 nitrogen and oxygen atoms in total. The van der Waals surface area contributed by atoms with Crippen molar-refractivity contribution in [1.82, 2.24) is 15.1 Å². The van der Waals surface area contributed by atoms with Crippen LogP contribution in [0.2, 0.25) is 5.02 Å². The first-order chi connectivity index (χ1) is 16.6. The minimum absolute atomic E-state index is 0.133. The van der Waals surface area contributed by atoms with Crippen molar-refractivity contribution in [2.24, 2.45) is 0 Å². The molecule has 7 heteroatoms. The van der Waals surface area contributed by atoms with Gasteiger partial charge in [0.05, 0.1) is 18.3 Å². The first kappa shape index (κ1) is 22.0. The third-order valence-electron chi connectivity index (χ3n) is 5.95. The number of halogens is 1. The van der Waals surface area contributed by atoms with Gasteiger partial charge in [-0.3, -0.25) is 4.79 Å². The van der Waals surface area contributed by atoms with Crippen molar-refractivity contribution in [2.75, 3.05) is 5.32 Å². The van der Waals surface area contributed by atoms with E-state index in [-0.39, 0.29) is 18.0 Å². The zero-order chi connectivity index (χ0) is 23.5. The highest BCUT2D eigenvalue weighted by molar-refractivity contribution is 6.30. The summed E-state index contributed by atoms with van der Waals surface area (Å²) in [7, 11) is 0. The Bertz CT molecular complexity index is 1290. The summed E-state index contributed by atoms with van der Waals surface area (Å²) in [6.07, 6.45) is 2.54. The molecule has 0 spiro atoms. The Morgan fingerprint density at radius 1 is 1.09 bits per heavy atom. The summed E-state index contributed by atoms with van der Waals surface area (Å²) in [5.41, 5.74) is 2.68. The molecular weight excluding hydrogens is 448 g/mol. The van der Waals surface area contributed by atoms with Gasteiger partial charge in [0.2, 0.25) is 0 Å². The third kappa shape index (κ3) is 4.77. The first-order valence-corrected chi connectivity index (χ1v) is 11.6. The zero-order valence-electron chi connectivity index (χ0n) is 18.7. The van der Waals surface area contributed by atoms with Crippen LogP contribution in [0.5, 0.6) is 11.5 Å². The number of amides is 1. The number of rotatable bonds is 6. The predicted molar refractivity (Wildman–Crippen MR) is 133 cm³/mol. The van der Waals surface area contributed by atoms with E-state index >= 15 is 0 Å². The van der Waals surface area contributed by atoms with E-state index in [1.165, 1.54) is 5.56 Å². The van der Waals surface area contributed by atoms with Crippen LogP contribution in [0.25, 0.3) is 0 Å². The molecule has 1 amide bonds. The summed E-state index contributed by atoms with van der Waals surface area (Å²) in [4.78, 5) is 13.1. The Morgan fingerprint density at radius 3 is 2.68 bits per heavy atom. The van der Waals surface area contributed by atoms with E-state index in [9.17, 15) is 4.79 Å². The molecule has 3 aromatic carbocycles. The predicted octanol–water partition coefficient (Wildman–Crippen LogP) is 6.38. The van der Waals surface area contributed by atoms with Gasteiger partial charge in [-0.1, -0.05) is 54.1 Å². The number of nitrogens with zero attached hydrogens (tertiary/aromatic N) is 2. The van der Waals surface area contributed by atoms with E-state index in [1.807, 2.05) is 59.3 Å². The molecule has 34 heavy (non-hydrogen) atoms. The topological polar surface area (TPSA) is 68.2 Å². The Morgan fingerprint density at radius 2 is 1.88 bits per heavy atom. The molecular formula is C27H25ClN4O2. The smallest absolute Gasteiger partial charge is 0.256 e. The lowest BCUT2D eigenvalue weighted by atomic mass is 9.98. The lowest BCUT2D eigenvalue weighted by molar-refractivity contribution is 0.0951. The number of fused-ring (bicyclic) bond motifs is 1. The van der Waals surface area contributed by atoms with Crippen molar-refractivity contribution >= 4 is 23.3 Å². The van der Waals surface area contributed by atoms with Crippen LogP contribution >= 0.6 is 11.6 Å². The molecule has 0 bridgehead atoms. The molecule has 1 aliphatic rings. The van der Waals surface area contributed by atoms with Crippen molar-refractivity contribution in [1.29, 1.82) is 0 Å². The number of aromatic nitrogens is 2. The molecule has 0 saturated heterocycles. The van der Waals surface area contributed by atoms with Crippen molar-refractivity contribution in [3.63, 3.8) is 0 Å². The van der Waals surface area contributed by atoms with Gasteiger partial charge in [-0.05, 0) is 60.9 Å². The fourth-order valence-electron chi connectivity index (χ4n) is 4.21. The maximum absolute atomic E-state index is 13.1. The van der Waals surface area contributed by atoms with Gasteiger partial charge in [0.15, 0.2) is 0 Å². The fourth-order valence-corrected chi connectivity index (χ4v) is 4.34. The van der Waals surface area contributed by atoms with Gasteiger partial charge >= 0.3 is 0 Å². The summed E-state index contributed by atoms with van der Waals surface area (Å²) in [6, 6.07) is 25.5. The summed E-state index contributed by atoms with van der Waals surface area (Å²) >= 11 is 5.94. The highest BCUT2D eigenvalue weighted by Crippen LogP contribution is 2.36. The first-order valence-electron chi connectivity index (χ1n) is 11.3. The Labute approximate surface area is 203 Å². The van der Waals surface area contributed by atoms with Gasteiger partial charge in [0.1, 0.15) is 22.9 Å². The maximum atomic E-state index is 13.1. The van der Waals surface area contributed by atoms with Crippen molar-refractivity contribution in [2.45, 2.75) is 32.0 Å². The highest BCUT2D eigenvalue weighted by atomic mass is 35.5. The number of anilines is 1. The van der Waals surface area contributed by atoms with Crippen LogP contribution in [0.4, 0.5) is 5.82 Å². The van der Waals surface area contributed by atoms with Crippen molar-refractivity contribution in [3.8, 4) is 11.5 Å². The SMILES string of the molecule is CC1CC(c2ccccc2)Nc2c(C(=O)NCc3cccc(Oc4ccc(Cl)cc4)c3)cnn21. The van der Waals surface area contributed by atoms with Crippen LogP contribution in [-0.2, 0) is 6.54 Å². The van der Waals surface area contributed by atoms with Gasteiger partial charge in [-0.25, -0.2) is 4.68 Å². The van der Waals surface area contributed by atoms with E-state index < -0.39 is 0 Å². The van der Waals surface area contributed by atoms with Gasteiger partial charge < -0.3 is 15.4 Å². The maximum Gasteiger partial charge on any atom is 0.256 e. The van der Waals surface area contributed by atoms with Gasteiger partial charge in [-0.15, -0.1) is 0 Å².